The summed E-state index contributed by atoms with van der Waals surface area (Å²) >= 11 is 4.48. The second-order valence-electron chi connectivity index (χ2n) is 5.88. The van der Waals surface area contributed by atoms with Gasteiger partial charge in [0.05, 0.1) is 0 Å². The average Bonchev–Trinajstić information content (AvgIpc) is 2.49. The molecule has 0 aliphatic carbocycles. The minimum absolute atomic E-state index is 0.837. The van der Waals surface area contributed by atoms with Gasteiger partial charge in [0.15, 0.2) is 0 Å². The zero-order chi connectivity index (χ0) is 12.2. The largest absolute Gasteiger partial charge is 0.315 e. The Morgan fingerprint density at radius 1 is 0.889 bits per heavy atom. The van der Waals surface area contributed by atoms with E-state index in [1.165, 1.54) is 63.2 Å². The third-order valence-electron chi connectivity index (χ3n) is 4.63. The molecule has 3 fully saturated rings. The van der Waals surface area contributed by atoms with Gasteiger partial charge in [-0.3, -0.25) is 0 Å². The van der Waals surface area contributed by atoms with Crippen LogP contribution in [0.4, 0.5) is 0 Å². The Balaban J connectivity index is 1.45. The van der Waals surface area contributed by atoms with Crippen LogP contribution in [0.2, 0.25) is 0 Å². The Labute approximate surface area is 120 Å². The van der Waals surface area contributed by atoms with Crippen LogP contribution >= 0.6 is 23.5 Å². The second kappa shape index (κ2) is 6.87. The van der Waals surface area contributed by atoms with Gasteiger partial charge < -0.3 is 10.6 Å². The standard InChI is InChI=1S/C14H26N2S2/c1-2-6-16-12(3-1)11-4-5-13(18-10-11)14-9-15-7-8-17-14/h11-16H,1-10H2. The third kappa shape index (κ3) is 3.38. The summed E-state index contributed by atoms with van der Waals surface area (Å²) in [6.07, 6.45) is 7.18. The van der Waals surface area contributed by atoms with E-state index in [4.69, 9.17) is 0 Å². The summed E-state index contributed by atoms with van der Waals surface area (Å²) in [7, 11) is 0. The van der Waals surface area contributed by atoms with E-state index in [1.54, 1.807) is 0 Å². The number of hydrogen-bond acceptors (Lipinski definition) is 4. The highest BCUT2D eigenvalue weighted by atomic mass is 32.2. The molecule has 4 unspecified atom stereocenters. The van der Waals surface area contributed by atoms with E-state index in [-0.39, 0.29) is 0 Å². The predicted molar refractivity (Wildman–Crippen MR) is 83.7 cm³/mol. The van der Waals surface area contributed by atoms with E-state index >= 15 is 0 Å². The number of rotatable bonds is 2. The van der Waals surface area contributed by atoms with E-state index in [2.05, 4.69) is 34.2 Å². The molecule has 2 N–H and O–H groups in total. The lowest BCUT2D eigenvalue weighted by Crippen LogP contribution is -2.45. The van der Waals surface area contributed by atoms with Crippen LogP contribution in [0.5, 0.6) is 0 Å². The Hall–Kier alpha value is 0.620. The van der Waals surface area contributed by atoms with Crippen molar-refractivity contribution in [1.82, 2.24) is 10.6 Å². The maximum atomic E-state index is 3.75. The molecule has 2 nitrogen and oxygen atoms in total. The van der Waals surface area contributed by atoms with E-state index in [0.29, 0.717) is 0 Å². The molecule has 0 spiro atoms. The zero-order valence-electron chi connectivity index (χ0n) is 11.2. The van der Waals surface area contributed by atoms with Crippen molar-refractivity contribution in [3.8, 4) is 0 Å². The van der Waals surface area contributed by atoms with Crippen LogP contribution in [-0.2, 0) is 0 Å². The number of hydrogen-bond donors (Lipinski definition) is 2. The number of piperidine rings is 1. The molecule has 0 radical (unpaired) electrons. The van der Waals surface area contributed by atoms with E-state index < -0.39 is 0 Å². The topological polar surface area (TPSA) is 24.1 Å². The number of nitrogens with one attached hydrogen (secondary N) is 2. The van der Waals surface area contributed by atoms with Crippen molar-refractivity contribution in [2.45, 2.75) is 48.6 Å². The Morgan fingerprint density at radius 2 is 1.89 bits per heavy atom. The van der Waals surface area contributed by atoms with E-state index in [9.17, 15) is 0 Å². The molecular formula is C14H26N2S2. The van der Waals surface area contributed by atoms with Crippen molar-refractivity contribution < 1.29 is 0 Å². The van der Waals surface area contributed by atoms with Crippen molar-refractivity contribution >= 4 is 23.5 Å². The smallest absolute Gasteiger partial charge is 0.0291 e. The molecule has 0 aromatic rings. The quantitative estimate of drug-likeness (QED) is 0.814. The molecule has 3 heterocycles. The lowest BCUT2D eigenvalue weighted by molar-refractivity contribution is 0.291. The van der Waals surface area contributed by atoms with Crippen molar-refractivity contribution in [3.63, 3.8) is 0 Å². The molecular weight excluding hydrogens is 260 g/mol. The van der Waals surface area contributed by atoms with Crippen molar-refractivity contribution in [1.29, 1.82) is 0 Å². The molecule has 3 saturated heterocycles. The highest BCUT2D eigenvalue weighted by molar-refractivity contribution is 8.03. The molecule has 4 atom stereocenters. The van der Waals surface area contributed by atoms with E-state index in [1.807, 2.05) is 0 Å². The molecule has 18 heavy (non-hydrogen) atoms. The van der Waals surface area contributed by atoms with Gasteiger partial charge in [-0.2, -0.15) is 23.5 Å². The lowest BCUT2D eigenvalue weighted by Gasteiger charge is -2.39. The Kier molecular flexibility index (Phi) is 5.19. The molecule has 0 amide bonds. The minimum Gasteiger partial charge on any atom is -0.315 e. The van der Waals surface area contributed by atoms with Crippen LogP contribution in [0.1, 0.15) is 32.1 Å². The van der Waals surface area contributed by atoms with Crippen molar-refractivity contribution in [3.05, 3.63) is 0 Å². The van der Waals surface area contributed by atoms with Gasteiger partial charge >= 0.3 is 0 Å². The van der Waals surface area contributed by atoms with Crippen LogP contribution in [-0.4, -0.2) is 47.7 Å². The first-order valence-corrected chi connectivity index (χ1v) is 9.70. The maximum Gasteiger partial charge on any atom is 0.0291 e. The third-order valence-corrected chi connectivity index (χ3v) is 7.78. The highest BCUT2D eigenvalue weighted by Gasteiger charge is 2.32. The fraction of sp³-hybridized carbons (Fsp3) is 1.00. The molecule has 0 aromatic heterocycles. The van der Waals surface area contributed by atoms with Gasteiger partial charge in [-0.1, -0.05) is 6.42 Å². The SMILES string of the molecule is C1CCC(C2CCC(C3CNCCS3)SC2)NC1. The zero-order valence-corrected chi connectivity index (χ0v) is 12.8. The Bertz CT molecular complexity index is 216. The summed E-state index contributed by atoms with van der Waals surface area (Å²) in [5.41, 5.74) is 0. The van der Waals surface area contributed by atoms with Gasteiger partial charge in [0.2, 0.25) is 0 Å². The molecule has 0 saturated carbocycles. The molecule has 4 heteroatoms. The summed E-state index contributed by atoms with van der Waals surface area (Å²) in [5, 5.41) is 9.11. The van der Waals surface area contributed by atoms with Gasteiger partial charge in [-0.05, 0) is 43.9 Å². The molecule has 0 aromatic carbocycles. The molecule has 3 aliphatic rings. The average molecular weight is 287 g/mol. The van der Waals surface area contributed by atoms with Crippen LogP contribution in [0, 0.1) is 5.92 Å². The Morgan fingerprint density at radius 3 is 2.56 bits per heavy atom. The first kappa shape index (κ1) is 13.6. The van der Waals surface area contributed by atoms with Gasteiger partial charge in [-0.25, -0.2) is 0 Å². The van der Waals surface area contributed by atoms with Crippen LogP contribution in [0.3, 0.4) is 0 Å². The molecule has 3 aliphatic heterocycles. The van der Waals surface area contributed by atoms with E-state index in [0.717, 1.165) is 22.5 Å². The molecule has 3 rings (SSSR count). The predicted octanol–water partition coefficient (Wildman–Crippen LogP) is 2.35. The first-order chi connectivity index (χ1) is 8.93. The summed E-state index contributed by atoms with van der Waals surface area (Å²) in [5.74, 6) is 3.67. The summed E-state index contributed by atoms with van der Waals surface area (Å²) in [6, 6.07) is 0.837. The number of thioether (sulfide) groups is 2. The summed E-state index contributed by atoms with van der Waals surface area (Å²) in [6.45, 7) is 3.72. The van der Waals surface area contributed by atoms with Crippen LogP contribution in [0.25, 0.3) is 0 Å². The second-order valence-corrected chi connectivity index (χ2v) is 8.50. The fourth-order valence-electron chi connectivity index (χ4n) is 3.51. The normalized spacial score (nSPS) is 42.7. The lowest BCUT2D eigenvalue weighted by atomic mass is 9.89. The monoisotopic (exact) mass is 286 g/mol. The summed E-state index contributed by atoms with van der Waals surface area (Å²) < 4.78 is 0. The van der Waals surface area contributed by atoms with Gasteiger partial charge in [0.1, 0.15) is 0 Å². The van der Waals surface area contributed by atoms with Gasteiger partial charge in [0.25, 0.3) is 0 Å². The highest BCUT2D eigenvalue weighted by Crippen LogP contribution is 2.38. The van der Waals surface area contributed by atoms with Crippen molar-refractivity contribution in [2.75, 3.05) is 31.1 Å². The van der Waals surface area contributed by atoms with Crippen molar-refractivity contribution in [2.24, 2.45) is 5.92 Å². The summed E-state index contributed by atoms with van der Waals surface area (Å²) in [4.78, 5) is 0. The fourth-order valence-corrected chi connectivity index (χ4v) is 6.64. The molecule has 0 bridgehead atoms. The minimum atomic E-state index is 0.837. The first-order valence-electron chi connectivity index (χ1n) is 7.61. The van der Waals surface area contributed by atoms with Crippen LogP contribution < -0.4 is 10.6 Å². The van der Waals surface area contributed by atoms with Crippen LogP contribution in [0.15, 0.2) is 0 Å². The van der Waals surface area contributed by atoms with Gasteiger partial charge in [0, 0.05) is 35.4 Å². The van der Waals surface area contributed by atoms with Gasteiger partial charge in [-0.15, -0.1) is 0 Å². The maximum absolute atomic E-state index is 3.75. The molecule has 104 valence electrons.